The average Bonchev–Trinajstić information content (AvgIpc) is 2.93. The number of nitrogens with one attached hydrogen (secondary N) is 1. The van der Waals surface area contributed by atoms with Crippen molar-refractivity contribution in [3.63, 3.8) is 0 Å². The van der Waals surface area contributed by atoms with E-state index >= 15 is 0 Å². The van der Waals surface area contributed by atoms with Gasteiger partial charge in [0.05, 0.1) is 17.2 Å². The summed E-state index contributed by atoms with van der Waals surface area (Å²) in [4.78, 5) is 28.1. The standard InChI is InChI=1S/C28H33N3O5S/c1-4-24(28(33)29-3)30(20-22-14-8-6-9-15-22)27(32)21-31(25-18-12-13-19-26(25)36-5-2)37(34,35)23-16-10-7-11-17-23/h6-19,24H,4-5,20-21H2,1-3H3,(H,29,33)/t24-/m1/s1. The van der Waals surface area contributed by atoms with Gasteiger partial charge in [-0.25, -0.2) is 8.42 Å². The van der Waals surface area contributed by atoms with Crippen LogP contribution in [0.2, 0.25) is 0 Å². The first kappa shape index (κ1) is 27.7. The van der Waals surface area contributed by atoms with Gasteiger partial charge in [-0.1, -0.05) is 67.6 Å². The fraction of sp³-hybridized carbons (Fsp3) is 0.286. The number of hydrogen-bond acceptors (Lipinski definition) is 5. The van der Waals surface area contributed by atoms with Crippen molar-refractivity contribution in [2.24, 2.45) is 0 Å². The number of benzene rings is 3. The van der Waals surface area contributed by atoms with Crippen molar-refractivity contribution in [1.29, 1.82) is 0 Å². The monoisotopic (exact) mass is 523 g/mol. The lowest BCUT2D eigenvalue weighted by molar-refractivity contribution is -0.140. The highest BCUT2D eigenvalue weighted by Crippen LogP contribution is 2.33. The summed E-state index contributed by atoms with van der Waals surface area (Å²) in [6, 6.07) is 23.2. The smallest absolute Gasteiger partial charge is 0.264 e. The average molecular weight is 524 g/mol. The van der Waals surface area contributed by atoms with Crippen molar-refractivity contribution in [3.05, 3.63) is 90.5 Å². The third-order valence-electron chi connectivity index (χ3n) is 5.87. The van der Waals surface area contributed by atoms with E-state index in [1.165, 1.54) is 24.1 Å². The van der Waals surface area contributed by atoms with E-state index in [0.29, 0.717) is 18.8 Å². The Bertz CT molecular complexity index is 1280. The van der Waals surface area contributed by atoms with Gasteiger partial charge in [-0.3, -0.25) is 13.9 Å². The van der Waals surface area contributed by atoms with Gasteiger partial charge >= 0.3 is 0 Å². The minimum absolute atomic E-state index is 0.0436. The molecule has 0 aliphatic heterocycles. The van der Waals surface area contributed by atoms with Crippen LogP contribution in [0.3, 0.4) is 0 Å². The molecule has 0 radical (unpaired) electrons. The van der Waals surface area contributed by atoms with Crippen LogP contribution in [0, 0.1) is 0 Å². The minimum atomic E-state index is -4.15. The molecule has 3 aromatic rings. The molecule has 0 aromatic heterocycles. The summed E-state index contributed by atoms with van der Waals surface area (Å²) in [7, 11) is -2.63. The lowest BCUT2D eigenvalue weighted by Gasteiger charge is -2.33. The zero-order valence-electron chi connectivity index (χ0n) is 21.3. The van der Waals surface area contributed by atoms with Crippen molar-refractivity contribution in [2.75, 3.05) is 24.5 Å². The third-order valence-corrected chi connectivity index (χ3v) is 7.65. The highest BCUT2D eigenvalue weighted by atomic mass is 32.2. The molecule has 8 nitrogen and oxygen atoms in total. The van der Waals surface area contributed by atoms with Gasteiger partial charge in [0.25, 0.3) is 10.0 Å². The summed E-state index contributed by atoms with van der Waals surface area (Å²) >= 11 is 0. The van der Waals surface area contributed by atoms with Gasteiger partial charge in [0, 0.05) is 13.6 Å². The Morgan fingerprint density at radius 3 is 2.08 bits per heavy atom. The van der Waals surface area contributed by atoms with E-state index in [1.54, 1.807) is 49.4 Å². The second kappa shape index (κ2) is 12.9. The number of carbonyl (C=O) groups is 2. The molecule has 0 spiro atoms. The van der Waals surface area contributed by atoms with E-state index in [1.807, 2.05) is 37.3 Å². The molecule has 2 amide bonds. The predicted molar refractivity (Wildman–Crippen MR) is 144 cm³/mol. The van der Waals surface area contributed by atoms with Gasteiger partial charge in [-0.15, -0.1) is 0 Å². The fourth-order valence-electron chi connectivity index (χ4n) is 4.04. The molecule has 196 valence electrons. The maximum atomic E-state index is 13.9. The van der Waals surface area contributed by atoms with Gasteiger partial charge in [-0.2, -0.15) is 0 Å². The Morgan fingerprint density at radius 2 is 1.49 bits per heavy atom. The number of nitrogens with zero attached hydrogens (tertiary/aromatic N) is 2. The van der Waals surface area contributed by atoms with Gasteiger partial charge in [0.1, 0.15) is 18.3 Å². The second-order valence-electron chi connectivity index (χ2n) is 8.27. The number of rotatable bonds is 12. The number of sulfonamides is 1. The molecule has 0 heterocycles. The topological polar surface area (TPSA) is 96.0 Å². The molecule has 0 aliphatic carbocycles. The first-order valence-electron chi connectivity index (χ1n) is 12.2. The van der Waals surface area contributed by atoms with Crippen LogP contribution in [0.15, 0.2) is 89.8 Å². The zero-order chi connectivity index (χ0) is 26.8. The van der Waals surface area contributed by atoms with Crippen LogP contribution >= 0.6 is 0 Å². The van der Waals surface area contributed by atoms with Crippen LogP contribution in [-0.4, -0.2) is 51.4 Å². The maximum absolute atomic E-state index is 13.9. The van der Waals surface area contributed by atoms with Crippen molar-refractivity contribution >= 4 is 27.5 Å². The molecular formula is C28H33N3O5S. The van der Waals surface area contributed by atoms with Crippen molar-refractivity contribution in [2.45, 2.75) is 37.8 Å². The largest absolute Gasteiger partial charge is 0.492 e. The van der Waals surface area contributed by atoms with Gasteiger partial charge in [0.15, 0.2) is 0 Å². The van der Waals surface area contributed by atoms with E-state index in [9.17, 15) is 18.0 Å². The van der Waals surface area contributed by atoms with E-state index in [-0.39, 0.29) is 23.0 Å². The van der Waals surface area contributed by atoms with E-state index in [2.05, 4.69) is 5.32 Å². The zero-order valence-corrected chi connectivity index (χ0v) is 22.1. The maximum Gasteiger partial charge on any atom is 0.264 e. The Morgan fingerprint density at radius 1 is 0.892 bits per heavy atom. The molecule has 1 atom stereocenters. The summed E-state index contributed by atoms with van der Waals surface area (Å²) in [5.74, 6) is -0.491. The molecule has 0 fully saturated rings. The number of anilines is 1. The highest BCUT2D eigenvalue weighted by molar-refractivity contribution is 7.92. The van der Waals surface area contributed by atoms with Crippen LogP contribution in [0.4, 0.5) is 5.69 Å². The number of para-hydroxylation sites is 2. The van der Waals surface area contributed by atoms with Crippen LogP contribution < -0.4 is 14.4 Å². The van der Waals surface area contributed by atoms with E-state index in [4.69, 9.17) is 4.74 Å². The summed E-state index contributed by atoms with van der Waals surface area (Å²) in [5, 5.41) is 2.62. The van der Waals surface area contributed by atoms with Gasteiger partial charge in [0.2, 0.25) is 11.8 Å². The first-order chi connectivity index (χ1) is 17.8. The van der Waals surface area contributed by atoms with Crippen molar-refractivity contribution in [3.8, 4) is 5.75 Å². The molecule has 0 bridgehead atoms. The number of amides is 2. The molecule has 1 N–H and O–H groups in total. The molecule has 3 rings (SSSR count). The number of hydrogen-bond donors (Lipinski definition) is 1. The first-order valence-corrected chi connectivity index (χ1v) is 13.6. The Labute approximate surface area is 218 Å². The van der Waals surface area contributed by atoms with Crippen LogP contribution in [0.1, 0.15) is 25.8 Å². The molecule has 3 aromatic carbocycles. The predicted octanol–water partition coefficient (Wildman–Crippen LogP) is 3.83. The van der Waals surface area contributed by atoms with Gasteiger partial charge in [-0.05, 0) is 43.2 Å². The molecular weight excluding hydrogens is 490 g/mol. The van der Waals surface area contributed by atoms with Crippen LogP contribution in [-0.2, 0) is 26.2 Å². The van der Waals surface area contributed by atoms with Crippen molar-refractivity contribution in [1.82, 2.24) is 10.2 Å². The normalized spacial score (nSPS) is 11.9. The third kappa shape index (κ3) is 6.68. The molecule has 0 saturated carbocycles. The molecule has 0 saturated heterocycles. The van der Waals surface area contributed by atoms with Gasteiger partial charge < -0.3 is 15.0 Å². The lowest BCUT2D eigenvalue weighted by Crippen LogP contribution is -2.51. The number of ether oxygens (including phenoxy) is 1. The summed E-state index contributed by atoms with van der Waals surface area (Å²) in [5.41, 5.74) is 1.07. The Balaban J connectivity index is 2.09. The SMILES string of the molecule is CCOc1ccccc1N(CC(=O)N(Cc1ccccc1)[C@H](CC)C(=O)NC)S(=O)(=O)c1ccccc1. The summed E-state index contributed by atoms with van der Waals surface area (Å²) in [6.45, 7) is 3.57. The summed E-state index contributed by atoms with van der Waals surface area (Å²) < 4.78 is 34.5. The van der Waals surface area contributed by atoms with Crippen molar-refractivity contribution < 1.29 is 22.7 Å². The Kier molecular flexibility index (Phi) is 9.68. The molecule has 0 aliphatic rings. The summed E-state index contributed by atoms with van der Waals surface area (Å²) in [6.07, 6.45) is 0.360. The van der Waals surface area contributed by atoms with Crippen LogP contribution in [0.5, 0.6) is 5.75 Å². The minimum Gasteiger partial charge on any atom is -0.492 e. The molecule has 9 heteroatoms. The fourth-order valence-corrected chi connectivity index (χ4v) is 5.49. The van der Waals surface area contributed by atoms with E-state index < -0.39 is 28.5 Å². The second-order valence-corrected chi connectivity index (χ2v) is 10.1. The Hall–Kier alpha value is -3.85. The number of likely N-dealkylation sites (N-methyl/N-ethyl adjacent to an activating group) is 1. The highest BCUT2D eigenvalue weighted by Gasteiger charge is 2.34. The molecule has 37 heavy (non-hydrogen) atoms. The molecule has 0 unspecified atom stereocenters. The lowest BCUT2D eigenvalue weighted by atomic mass is 10.1. The van der Waals surface area contributed by atoms with Crippen LogP contribution in [0.25, 0.3) is 0 Å². The quantitative estimate of drug-likeness (QED) is 0.389. The number of carbonyl (C=O) groups excluding carboxylic acids is 2. The van der Waals surface area contributed by atoms with E-state index in [0.717, 1.165) is 9.87 Å².